The van der Waals surface area contributed by atoms with E-state index < -0.39 is 0 Å². The second kappa shape index (κ2) is 5.46. The van der Waals surface area contributed by atoms with Gasteiger partial charge in [0.15, 0.2) is 17.3 Å². The average molecular weight is 249 g/mol. The van der Waals surface area contributed by atoms with Crippen LogP contribution in [-0.4, -0.2) is 32.8 Å². The van der Waals surface area contributed by atoms with E-state index in [1.54, 1.807) is 12.1 Å². The van der Waals surface area contributed by atoms with Gasteiger partial charge in [0.05, 0.1) is 13.2 Å². The number of tetrazole rings is 1. The molecule has 0 aliphatic carbocycles. The van der Waals surface area contributed by atoms with Gasteiger partial charge in [-0.1, -0.05) is 11.3 Å². The number of phenols is 1. The Hall–Kier alpha value is -2.15. The van der Waals surface area contributed by atoms with E-state index in [2.05, 4.69) is 25.9 Å². The number of rotatable bonds is 5. The zero-order chi connectivity index (χ0) is 13.0. The lowest BCUT2D eigenvalue weighted by atomic mass is 10.2. The van der Waals surface area contributed by atoms with Gasteiger partial charge in [-0.25, -0.2) is 0 Å². The molecule has 1 aromatic carbocycles. The molecule has 0 saturated carbocycles. The largest absolute Gasteiger partial charge is 0.504 e. The summed E-state index contributed by atoms with van der Waals surface area (Å²) < 4.78 is 5.05. The Morgan fingerprint density at radius 2 is 2.33 bits per heavy atom. The summed E-state index contributed by atoms with van der Waals surface area (Å²) in [7, 11) is 1.52. The molecule has 7 nitrogen and oxygen atoms in total. The summed E-state index contributed by atoms with van der Waals surface area (Å²) in [4.78, 5) is 0. The Labute approximate surface area is 104 Å². The minimum Gasteiger partial charge on any atom is -0.504 e. The summed E-state index contributed by atoms with van der Waals surface area (Å²) in [5.74, 6) is 1.20. The Bertz CT molecular complexity index is 500. The van der Waals surface area contributed by atoms with Crippen LogP contribution in [0.1, 0.15) is 24.4 Å². The van der Waals surface area contributed by atoms with E-state index in [9.17, 15) is 5.11 Å². The molecule has 0 radical (unpaired) electrons. The van der Waals surface area contributed by atoms with Crippen molar-refractivity contribution in [3.8, 4) is 11.5 Å². The first-order valence-electron chi connectivity index (χ1n) is 5.53. The highest BCUT2D eigenvalue weighted by Gasteiger charge is 2.10. The predicted molar refractivity (Wildman–Crippen MR) is 64.1 cm³/mol. The predicted octanol–water partition coefficient (Wildman–Crippen LogP) is 0.765. The van der Waals surface area contributed by atoms with Crippen LogP contribution in [0.5, 0.6) is 11.5 Å². The maximum absolute atomic E-state index is 9.48. The molecular formula is C11H15N5O2. The van der Waals surface area contributed by atoms with Crippen molar-refractivity contribution < 1.29 is 9.84 Å². The van der Waals surface area contributed by atoms with Crippen molar-refractivity contribution in [2.75, 3.05) is 7.11 Å². The number of H-pyrrole nitrogens is 1. The van der Waals surface area contributed by atoms with Crippen LogP contribution >= 0.6 is 0 Å². The summed E-state index contributed by atoms with van der Waals surface area (Å²) in [6.45, 7) is 2.56. The van der Waals surface area contributed by atoms with Crippen molar-refractivity contribution in [3.05, 3.63) is 29.6 Å². The lowest BCUT2D eigenvalue weighted by Crippen LogP contribution is -2.19. The van der Waals surface area contributed by atoms with Gasteiger partial charge in [0.1, 0.15) is 0 Å². The Balaban J connectivity index is 1.98. The van der Waals surface area contributed by atoms with Crippen molar-refractivity contribution in [2.45, 2.75) is 19.5 Å². The van der Waals surface area contributed by atoms with Crippen molar-refractivity contribution in [2.24, 2.45) is 0 Å². The maximum atomic E-state index is 9.48. The molecule has 1 heterocycles. The molecule has 2 aromatic rings. The molecule has 0 fully saturated rings. The minimum atomic E-state index is -0.0106. The normalized spacial score (nSPS) is 12.3. The van der Waals surface area contributed by atoms with Gasteiger partial charge in [0.2, 0.25) is 0 Å². The number of nitrogens with one attached hydrogen (secondary N) is 2. The molecule has 0 amide bonds. The molecule has 3 N–H and O–H groups in total. The molecule has 96 valence electrons. The van der Waals surface area contributed by atoms with Crippen molar-refractivity contribution in [1.29, 1.82) is 0 Å². The first-order valence-corrected chi connectivity index (χ1v) is 5.53. The SMILES string of the molecule is COc1cc(CNC(C)c2nn[nH]n2)ccc1O. The number of hydrogen-bond donors (Lipinski definition) is 3. The van der Waals surface area contributed by atoms with Gasteiger partial charge in [-0.2, -0.15) is 5.21 Å². The Morgan fingerprint density at radius 1 is 1.50 bits per heavy atom. The van der Waals surface area contributed by atoms with Gasteiger partial charge in [-0.15, -0.1) is 10.2 Å². The smallest absolute Gasteiger partial charge is 0.191 e. The zero-order valence-electron chi connectivity index (χ0n) is 10.2. The molecule has 1 atom stereocenters. The number of ether oxygens (including phenoxy) is 1. The second-order valence-corrected chi connectivity index (χ2v) is 3.88. The van der Waals surface area contributed by atoms with E-state index in [-0.39, 0.29) is 11.8 Å². The quantitative estimate of drug-likeness (QED) is 0.724. The molecule has 0 saturated heterocycles. The van der Waals surface area contributed by atoms with Crippen LogP contribution in [0, 0.1) is 0 Å². The van der Waals surface area contributed by atoms with Crippen molar-refractivity contribution in [3.63, 3.8) is 0 Å². The fourth-order valence-electron chi connectivity index (χ4n) is 1.55. The first-order chi connectivity index (χ1) is 8.70. The highest BCUT2D eigenvalue weighted by Crippen LogP contribution is 2.26. The molecule has 0 bridgehead atoms. The highest BCUT2D eigenvalue weighted by molar-refractivity contribution is 5.41. The second-order valence-electron chi connectivity index (χ2n) is 3.88. The Morgan fingerprint density at radius 3 is 3.00 bits per heavy atom. The lowest BCUT2D eigenvalue weighted by Gasteiger charge is -2.11. The molecule has 1 unspecified atom stereocenters. The summed E-state index contributed by atoms with van der Waals surface area (Å²) in [6.07, 6.45) is 0. The number of phenolic OH excluding ortho intramolecular Hbond substituents is 1. The summed E-state index contributed by atoms with van der Waals surface area (Å²) >= 11 is 0. The number of methoxy groups -OCH3 is 1. The fourth-order valence-corrected chi connectivity index (χ4v) is 1.55. The lowest BCUT2D eigenvalue weighted by molar-refractivity contribution is 0.372. The third-order valence-corrected chi connectivity index (χ3v) is 2.61. The topological polar surface area (TPSA) is 96.0 Å². The molecule has 1 aromatic heterocycles. The molecule has 0 aliphatic rings. The number of benzene rings is 1. The van der Waals surface area contributed by atoms with Crippen LogP contribution in [0.4, 0.5) is 0 Å². The van der Waals surface area contributed by atoms with Crippen LogP contribution in [0.3, 0.4) is 0 Å². The molecule has 18 heavy (non-hydrogen) atoms. The summed E-state index contributed by atoms with van der Waals surface area (Å²) in [5.41, 5.74) is 1.000. The number of aromatic hydroxyl groups is 1. The van der Waals surface area contributed by atoms with Gasteiger partial charge in [0.25, 0.3) is 0 Å². The number of aromatic nitrogens is 4. The van der Waals surface area contributed by atoms with Crippen LogP contribution < -0.4 is 10.1 Å². The molecule has 0 spiro atoms. The molecule has 0 aliphatic heterocycles. The average Bonchev–Trinajstić information content (AvgIpc) is 2.91. The van der Waals surface area contributed by atoms with E-state index in [1.165, 1.54) is 7.11 Å². The van der Waals surface area contributed by atoms with Gasteiger partial charge < -0.3 is 15.2 Å². The van der Waals surface area contributed by atoms with E-state index in [1.807, 2.05) is 13.0 Å². The van der Waals surface area contributed by atoms with Gasteiger partial charge in [-0.05, 0) is 24.6 Å². The third kappa shape index (κ3) is 2.75. The zero-order valence-corrected chi connectivity index (χ0v) is 10.2. The molecular weight excluding hydrogens is 234 g/mol. The van der Waals surface area contributed by atoms with Crippen LogP contribution in [0.25, 0.3) is 0 Å². The van der Waals surface area contributed by atoms with Crippen LogP contribution in [0.2, 0.25) is 0 Å². The van der Waals surface area contributed by atoms with E-state index >= 15 is 0 Å². The summed E-state index contributed by atoms with van der Waals surface area (Å²) in [5, 5.41) is 26.5. The first kappa shape index (κ1) is 12.3. The van der Waals surface area contributed by atoms with Crippen LogP contribution in [-0.2, 0) is 6.54 Å². The maximum Gasteiger partial charge on any atom is 0.191 e. The van der Waals surface area contributed by atoms with E-state index in [4.69, 9.17) is 4.74 Å². The van der Waals surface area contributed by atoms with Crippen LogP contribution in [0.15, 0.2) is 18.2 Å². The molecule has 7 heteroatoms. The number of aromatic amines is 1. The summed E-state index contributed by atoms with van der Waals surface area (Å²) in [6, 6.07) is 5.21. The third-order valence-electron chi connectivity index (χ3n) is 2.61. The van der Waals surface area contributed by atoms with Crippen molar-refractivity contribution >= 4 is 0 Å². The van der Waals surface area contributed by atoms with E-state index in [0.717, 1.165) is 5.56 Å². The monoisotopic (exact) mass is 249 g/mol. The van der Waals surface area contributed by atoms with Crippen molar-refractivity contribution in [1.82, 2.24) is 25.9 Å². The van der Waals surface area contributed by atoms with Gasteiger partial charge in [-0.3, -0.25) is 0 Å². The standard InChI is InChI=1S/C11H15N5O2/c1-7(11-13-15-16-14-11)12-6-8-3-4-9(17)10(5-8)18-2/h3-5,7,12,17H,6H2,1-2H3,(H,13,14,15,16). The van der Waals surface area contributed by atoms with E-state index in [0.29, 0.717) is 18.1 Å². The van der Waals surface area contributed by atoms with Gasteiger partial charge in [0, 0.05) is 6.54 Å². The number of nitrogens with zero attached hydrogens (tertiary/aromatic N) is 3. The minimum absolute atomic E-state index is 0.0106. The highest BCUT2D eigenvalue weighted by atomic mass is 16.5. The molecule has 2 rings (SSSR count). The fraction of sp³-hybridized carbons (Fsp3) is 0.364. The van der Waals surface area contributed by atoms with Gasteiger partial charge >= 0.3 is 0 Å². The Kier molecular flexibility index (Phi) is 3.73. The number of hydrogen-bond acceptors (Lipinski definition) is 6.